The van der Waals surface area contributed by atoms with E-state index in [1.807, 2.05) is 0 Å². The normalized spacial score (nSPS) is 22.4. The maximum absolute atomic E-state index is 12.0. The highest BCUT2D eigenvalue weighted by Crippen LogP contribution is 2.25. The number of nitrogens with one attached hydrogen (secondary N) is 2. The Bertz CT molecular complexity index is 482. The fourth-order valence-electron chi connectivity index (χ4n) is 2.45. The van der Waals surface area contributed by atoms with Crippen molar-refractivity contribution in [1.29, 1.82) is 0 Å². The van der Waals surface area contributed by atoms with E-state index in [0.717, 1.165) is 25.7 Å². The molecule has 1 aliphatic rings. The number of anilines is 1. The molecular formula is C14H18Cl2N2O2. The van der Waals surface area contributed by atoms with E-state index in [9.17, 15) is 4.79 Å². The summed E-state index contributed by atoms with van der Waals surface area (Å²) in [5.41, 5.74) is 0.613. The molecule has 6 heteroatoms. The Kier molecular flexibility index (Phi) is 5.52. The van der Waals surface area contributed by atoms with Crippen LogP contribution < -0.4 is 10.6 Å². The highest BCUT2D eigenvalue weighted by Gasteiger charge is 2.26. The minimum atomic E-state index is -0.252. The molecule has 1 aromatic rings. The van der Waals surface area contributed by atoms with Gasteiger partial charge in [0, 0.05) is 12.8 Å². The van der Waals surface area contributed by atoms with E-state index in [2.05, 4.69) is 10.6 Å². The number of amides is 2. The van der Waals surface area contributed by atoms with Gasteiger partial charge < -0.3 is 15.4 Å². The quantitative estimate of drug-likeness (QED) is 0.883. The minimum Gasteiger partial charge on any atom is -0.379 e. The Hall–Kier alpha value is -0.970. The zero-order valence-electron chi connectivity index (χ0n) is 11.3. The van der Waals surface area contributed by atoms with Crippen molar-refractivity contribution in [3.8, 4) is 0 Å². The van der Waals surface area contributed by atoms with Gasteiger partial charge in [-0.2, -0.15) is 0 Å². The molecule has 4 nitrogen and oxygen atoms in total. The van der Waals surface area contributed by atoms with Gasteiger partial charge in [-0.05, 0) is 31.0 Å². The third kappa shape index (κ3) is 4.01. The van der Waals surface area contributed by atoms with E-state index in [4.69, 9.17) is 27.9 Å². The molecule has 0 spiro atoms. The van der Waals surface area contributed by atoms with Crippen molar-refractivity contribution < 1.29 is 9.53 Å². The maximum Gasteiger partial charge on any atom is 0.319 e. The first-order valence-corrected chi connectivity index (χ1v) is 7.41. The van der Waals surface area contributed by atoms with Crippen LogP contribution in [0.4, 0.5) is 10.5 Å². The lowest BCUT2D eigenvalue weighted by Crippen LogP contribution is -2.47. The van der Waals surface area contributed by atoms with Crippen LogP contribution in [0.2, 0.25) is 10.0 Å². The van der Waals surface area contributed by atoms with E-state index in [1.54, 1.807) is 25.3 Å². The van der Waals surface area contributed by atoms with Crippen molar-refractivity contribution >= 4 is 34.9 Å². The van der Waals surface area contributed by atoms with Gasteiger partial charge in [0.25, 0.3) is 0 Å². The third-order valence-corrected chi connectivity index (χ3v) is 4.24. The van der Waals surface area contributed by atoms with Gasteiger partial charge in [-0.3, -0.25) is 0 Å². The number of ether oxygens (including phenoxy) is 1. The summed E-state index contributed by atoms with van der Waals surface area (Å²) >= 11 is 11.7. The molecule has 2 unspecified atom stereocenters. The number of halogens is 2. The van der Waals surface area contributed by atoms with Crippen LogP contribution in [0, 0.1) is 0 Å². The average Bonchev–Trinajstić information content (AvgIpc) is 2.43. The molecule has 2 N–H and O–H groups in total. The summed E-state index contributed by atoms with van der Waals surface area (Å²) in [6.07, 6.45) is 4.26. The molecule has 0 bridgehead atoms. The van der Waals surface area contributed by atoms with Crippen molar-refractivity contribution in [3.63, 3.8) is 0 Å². The molecule has 0 aliphatic heterocycles. The summed E-state index contributed by atoms with van der Waals surface area (Å²) in [5, 5.41) is 6.58. The minimum absolute atomic E-state index is 0.0523. The number of hydrogen-bond donors (Lipinski definition) is 2. The molecule has 1 aliphatic carbocycles. The lowest BCUT2D eigenvalue weighted by atomic mass is 9.92. The molecule has 20 heavy (non-hydrogen) atoms. The van der Waals surface area contributed by atoms with Gasteiger partial charge in [-0.25, -0.2) is 4.79 Å². The van der Waals surface area contributed by atoms with Gasteiger partial charge in [0.2, 0.25) is 0 Å². The second-order valence-corrected chi connectivity index (χ2v) is 5.71. The lowest BCUT2D eigenvalue weighted by Gasteiger charge is -2.31. The fourth-order valence-corrected chi connectivity index (χ4v) is 2.75. The predicted octanol–water partition coefficient (Wildman–Crippen LogP) is 4.07. The van der Waals surface area contributed by atoms with Crippen LogP contribution in [0.25, 0.3) is 0 Å². The first-order chi connectivity index (χ1) is 9.60. The van der Waals surface area contributed by atoms with Gasteiger partial charge in [0.15, 0.2) is 0 Å². The Morgan fingerprint density at radius 2 is 2.00 bits per heavy atom. The molecular weight excluding hydrogens is 299 g/mol. The van der Waals surface area contributed by atoms with E-state index in [-0.39, 0.29) is 18.2 Å². The van der Waals surface area contributed by atoms with Gasteiger partial charge in [0.1, 0.15) is 0 Å². The number of carbonyl (C=O) groups excluding carboxylic acids is 1. The van der Waals surface area contributed by atoms with Gasteiger partial charge in [0.05, 0.1) is 22.2 Å². The first-order valence-electron chi connectivity index (χ1n) is 6.65. The van der Waals surface area contributed by atoms with Crippen LogP contribution in [-0.4, -0.2) is 25.3 Å². The van der Waals surface area contributed by atoms with E-state index < -0.39 is 0 Å². The Balaban J connectivity index is 1.92. The smallest absolute Gasteiger partial charge is 0.319 e. The number of benzene rings is 1. The summed E-state index contributed by atoms with van der Waals surface area (Å²) in [7, 11) is 1.68. The Labute approximate surface area is 128 Å². The molecule has 110 valence electrons. The average molecular weight is 317 g/mol. The summed E-state index contributed by atoms with van der Waals surface area (Å²) < 4.78 is 5.41. The van der Waals surface area contributed by atoms with Crippen molar-refractivity contribution in [2.45, 2.75) is 37.8 Å². The first kappa shape index (κ1) is 15.4. The molecule has 0 heterocycles. The highest BCUT2D eigenvalue weighted by molar-refractivity contribution is 6.42. The number of carbonyl (C=O) groups is 1. The second kappa shape index (κ2) is 7.16. The maximum atomic E-state index is 12.0. The Morgan fingerprint density at radius 1 is 1.25 bits per heavy atom. The predicted molar refractivity (Wildman–Crippen MR) is 81.7 cm³/mol. The van der Waals surface area contributed by atoms with E-state index in [0.29, 0.717) is 15.7 Å². The molecule has 0 aromatic heterocycles. The van der Waals surface area contributed by atoms with Crippen molar-refractivity contribution in [1.82, 2.24) is 5.32 Å². The van der Waals surface area contributed by atoms with E-state index in [1.165, 1.54) is 0 Å². The van der Waals surface area contributed by atoms with Crippen LogP contribution >= 0.6 is 23.2 Å². The molecule has 2 amide bonds. The third-order valence-electron chi connectivity index (χ3n) is 3.50. The van der Waals surface area contributed by atoms with Gasteiger partial charge >= 0.3 is 6.03 Å². The molecule has 1 fully saturated rings. The number of urea groups is 1. The summed E-state index contributed by atoms with van der Waals surface area (Å²) in [6.45, 7) is 0. The SMILES string of the molecule is COC1CCCCC1NC(=O)Nc1ccc(Cl)c(Cl)c1. The van der Waals surface area contributed by atoms with Crippen molar-refractivity contribution in [2.24, 2.45) is 0 Å². The standard InChI is InChI=1S/C14H18Cl2N2O2/c1-20-13-5-3-2-4-12(13)18-14(19)17-9-6-7-10(15)11(16)8-9/h6-8,12-13H,2-5H2,1H3,(H2,17,18,19). The molecule has 2 rings (SSSR count). The van der Waals surface area contributed by atoms with E-state index >= 15 is 0 Å². The van der Waals surface area contributed by atoms with Gasteiger partial charge in [-0.1, -0.05) is 36.0 Å². The van der Waals surface area contributed by atoms with Crippen LogP contribution in [0.3, 0.4) is 0 Å². The monoisotopic (exact) mass is 316 g/mol. The summed E-state index contributed by atoms with van der Waals surface area (Å²) in [4.78, 5) is 12.0. The molecule has 1 aromatic carbocycles. The van der Waals surface area contributed by atoms with Crippen LogP contribution in [0.1, 0.15) is 25.7 Å². The van der Waals surface area contributed by atoms with Crippen LogP contribution in [-0.2, 0) is 4.74 Å². The molecule has 0 saturated heterocycles. The topological polar surface area (TPSA) is 50.4 Å². The number of methoxy groups -OCH3 is 1. The Morgan fingerprint density at radius 3 is 2.70 bits per heavy atom. The zero-order valence-corrected chi connectivity index (χ0v) is 12.8. The molecule has 0 radical (unpaired) electrons. The number of hydrogen-bond acceptors (Lipinski definition) is 2. The van der Waals surface area contributed by atoms with Crippen LogP contribution in [0.15, 0.2) is 18.2 Å². The fraction of sp³-hybridized carbons (Fsp3) is 0.500. The van der Waals surface area contributed by atoms with Gasteiger partial charge in [-0.15, -0.1) is 0 Å². The number of rotatable bonds is 3. The van der Waals surface area contributed by atoms with Crippen molar-refractivity contribution in [2.75, 3.05) is 12.4 Å². The summed E-state index contributed by atoms with van der Waals surface area (Å²) in [5.74, 6) is 0. The molecule has 2 atom stereocenters. The lowest BCUT2D eigenvalue weighted by molar-refractivity contribution is 0.0459. The largest absolute Gasteiger partial charge is 0.379 e. The summed E-state index contributed by atoms with van der Waals surface area (Å²) in [6, 6.07) is 4.78. The molecule has 1 saturated carbocycles. The highest BCUT2D eigenvalue weighted by atomic mass is 35.5. The second-order valence-electron chi connectivity index (χ2n) is 4.89. The van der Waals surface area contributed by atoms with Crippen LogP contribution in [0.5, 0.6) is 0 Å². The van der Waals surface area contributed by atoms with Crippen molar-refractivity contribution in [3.05, 3.63) is 28.2 Å². The zero-order chi connectivity index (χ0) is 14.5.